The van der Waals surface area contributed by atoms with E-state index in [9.17, 15) is 0 Å². The fourth-order valence-electron chi connectivity index (χ4n) is 3.58. The largest absolute Gasteiger partial charge is 0.0991 e. The van der Waals surface area contributed by atoms with Gasteiger partial charge >= 0.3 is 0 Å². The van der Waals surface area contributed by atoms with Crippen LogP contribution in [0.25, 0.3) is 17.2 Å². The van der Waals surface area contributed by atoms with Crippen LogP contribution in [0, 0.1) is 6.92 Å². The van der Waals surface area contributed by atoms with Crippen molar-refractivity contribution in [3.8, 4) is 0 Å². The van der Waals surface area contributed by atoms with E-state index in [4.69, 9.17) is 0 Å². The van der Waals surface area contributed by atoms with Crippen LogP contribution in [0.3, 0.4) is 0 Å². The summed E-state index contributed by atoms with van der Waals surface area (Å²) in [5, 5.41) is 0. The van der Waals surface area contributed by atoms with Crippen molar-refractivity contribution in [3.05, 3.63) is 125 Å². The second kappa shape index (κ2) is 14.8. The van der Waals surface area contributed by atoms with Crippen LogP contribution >= 0.6 is 0 Å². The first-order chi connectivity index (χ1) is 15.6. The molecule has 0 spiro atoms. The summed E-state index contributed by atoms with van der Waals surface area (Å²) >= 11 is 0. The highest BCUT2D eigenvalue weighted by atomic mass is 14.2. The van der Waals surface area contributed by atoms with E-state index in [0.29, 0.717) is 0 Å². The Labute approximate surface area is 197 Å². The van der Waals surface area contributed by atoms with E-state index < -0.39 is 0 Å². The first-order valence-electron chi connectivity index (χ1n) is 11.9. The molecule has 0 aliphatic carbocycles. The van der Waals surface area contributed by atoms with Gasteiger partial charge in [-0.3, -0.25) is 0 Å². The lowest BCUT2D eigenvalue weighted by atomic mass is 9.89. The van der Waals surface area contributed by atoms with E-state index in [1.54, 1.807) is 0 Å². The third-order valence-electron chi connectivity index (χ3n) is 5.14. The molecule has 3 rings (SSSR count). The molecule has 0 amide bonds. The lowest BCUT2D eigenvalue weighted by Crippen LogP contribution is -1.96. The second-order valence-electron chi connectivity index (χ2n) is 7.09. The number of rotatable bonds is 6. The fourth-order valence-corrected chi connectivity index (χ4v) is 3.58. The highest BCUT2D eigenvalue weighted by molar-refractivity contribution is 5.93. The third kappa shape index (κ3) is 7.24. The summed E-state index contributed by atoms with van der Waals surface area (Å²) in [6.07, 6.45) is 7.23. The van der Waals surface area contributed by atoms with E-state index in [2.05, 4.69) is 112 Å². The van der Waals surface area contributed by atoms with Gasteiger partial charge in [-0.1, -0.05) is 120 Å². The Bertz CT molecular complexity index is 1030. The molecule has 0 aromatic heterocycles. The van der Waals surface area contributed by atoms with Gasteiger partial charge in [0, 0.05) is 0 Å². The predicted molar refractivity (Wildman–Crippen MR) is 147 cm³/mol. The Balaban J connectivity index is 0.00000121. The highest BCUT2D eigenvalue weighted by Crippen LogP contribution is 2.31. The van der Waals surface area contributed by atoms with Crippen molar-refractivity contribution in [1.29, 1.82) is 0 Å². The summed E-state index contributed by atoms with van der Waals surface area (Å²) < 4.78 is 0. The van der Waals surface area contributed by atoms with E-state index in [-0.39, 0.29) is 0 Å². The van der Waals surface area contributed by atoms with Crippen LogP contribution in [0.2, 0.25) is 0 Å². The van der Waals surface area contributed by atoms with E-state index in [1.165, 1.54) is 44.5 Å². The first kappa shape index (κ1) is 26.9. The Morgan fingerprint density at radius 3 is 2.06 bits per heavy atom. The van der Waals surface area contributed by atoms with Gasteiger partial charge in [-0.2, -0.15) is 0 Å². The molecule has 0 aliphatic heterocycles. The smallest absolute Gasteiger partial charge is 0.0100 e. The molecule has 0 atom stereocenters. The molecule has 32 heavy (non-hydrogen) atoms. The molecule has 3 aromatic carbocycles. The standard InChI is InChI=1S/C28H28.2C2H6/c1-5-12-21(3)25-16-11-14-23(19-25)20-28(26-17-9-7-13-22(26)4)27-18-10-8-15-24(27)6-2;2*1-2/h5,7-20H,1,6H2,2-4H3;2*1-2H3/b21-12+,28-20+;;. The summed E-state index contributed by atoms with van der Waals surface area (Å²) in [6.45, 7) is 18.3. The molecular formula is C32H40. The van der Waals surface area contributed by atoms with Gasteiger partial charge in [-0.15, -0.1) is 0 Å². The number of aryl methyl sites for hydroxylation is 2. The molecule has 0 fully saturated rings. The van der Waals surface area contributed by atoms with Crippen LogP contribution in [-0.2, 0) is 6.42 Å². The van der Waals surface area contributed by atoms with Gasteiger partial charge in [-0.05, 0) is 76.9 Å². The molecule has 0 saturated heterocycles. The van der Waals surface area contributed by atoms with Crippen molar-refractivity contribution in [2.45, 2.75) is 54.9 Å². The van der Waals surface area contributed by atoms with Crippen molar-refractivity contribution in [3.63, 3.8) is 0 Å². The molecule has 0 bridgehead atoms. The quantitative estimate of drug-likeness (QED) is 0.273. The van der Waals surface area contributed by atoms with E-state index in [0.717, 1.165) is 6.42 Å². The number of hydrogen-bond acceptors (Lipinski definition) is 0. The zero-order chi connectivity index (χ0) is 23.9. The van der Waals surface area contributed by atoms with Crippen LogP contribution in [0.5, 0.6) is 0 Å². The third-order valence-corrected chi connectivity index (χ3v) is 5.14. The van der Waals surface area contributed by atoms with E-state index in [1.807, 2.05) is 33.8 Å². The predicted octanol–water partition coefficient (Wildman–Crippen LogP) is 9.79. The summed E-state index contributed by atoms with van der Waals surface area (Å²) in [7, 11) is 0. The zero-order valence-electron chi connectivity index (χ0n) is 21.1. The molecule has 0 aliphatic rings. The van der Waals surface area contributed by atoms with Crippen LogP contribution in [-0.4, -0.2) is 0 Å². The van der Waals surface area contributed by atoms with Gasteiger partial charge in [0.05, 0.1) is 0 Å². The molecule has 0 nitrogen and oxygen atoms in total. The topological polar surface area (TPSA) is 0 Å². The number of allylic oxidation sites excluding steroid dienone is 3. The van der Waals surface area contributed by atoms with Gasteiger partial charge in [0.15, 0.2) is 0 Å². The molecular weight excluding hydrogens is 384 g/mol. The van der Waals surface area contributed by atoms with Gasteiger partial charge in [0.1, 0.15) is 0 Å². The lowest BCUT2D eigenvalue weighted by molar-refractivity contribution is 1.13. The van der Waals surface area contributed by atoms with Crippen LogP contribution in [0.15, 0.2) is 91.5 Å². The maximum atomic E-state index is 3.82. The summed E-state index contributed by atoms with van der Waals surface area (Å²) in [5.41, 5.74) is 10.2. The van der Waals surface area contributed by atoms with Gasteiger partial charge in [0.2, 0.25) is 0 Å². The average molecular weight is 425 g/mol. The van der Waals surface area contributed by atoms with Crippen LogP contribution in [0.4, 0.5) is 0 Å². The number of benzene rings is 3. The van der Waals surface area contributed by atoms with Crippen molar-refractivity contribution in [1.82, 2.24) is 0 Å². The minimum absolute atomic E-state index is 1.01. The van der Waals surface area contributed by atoms with Crippen molar-refractivity contribution in [2.75, 3.05) is 0 Å². The Kier molecular flexibility index (Phi) is 12.5. The van der Waals surface area contributed by atoms with Crippen LogP contribution in [0.1, 0.15) is 74.9 Å². The van der Waals surface area contributed by atoms with Gasteiger partial charge < -0.3 is 0 Å². The summed E-state index contributed by atoms with van der Waals surface area (Å²) in [6, 6.07) is 26.1. The Morgan fingerprint density at radius 2 is 1.44 bits per heavy atom. The average Bonchev–Trinajstić information content (AvgIpc) is 2.86. The monoisotopic (exact) mass is 424 g/mol. The SMILES string of the molecule is C=C/C=C(\C)c1cccc(/C=C(\c2ccccc2C)c2ccccc2CC)c1.CC.CC. The van der Waals surface area contributed by atoms with Gasteiger partial charge in [-0.25, -0.2) is 0 Å². The molecule has 0 heterocycles. The normalized spacial score (nSPS) is 11.0. The molecule has 0 saturated carbocycles. The lowest BCUT2D eigenvalue weighted by Gasteiger charge is -2.15. The van der Waals surface area contributed by atoms with Gasteiger partial charge in [0.25, 0.3) is 0 Å². The highest BCUT2D eigenvalue weighted by Gasteiger charge is 2.11. The van der Waals surface area contributed by atoms with Crippen molar-refractivity contribution < 1.29 is 0 Å². The summed E-state index contributed by atoms with van der Waals surface area (Å²) in [5.74, 6) is 0. The second-order valence-corrected chi connectivity index (χ2v) is 7.09. The maximum absolute atomic E-state index is 3.82. The maximum Gasteiger partial charge on any atom is -0.0100 e. The van der Waals surface area contributed by atoms with Crippen LogP contribution < -0.4 is 0 Å². The molecule has 0 unspecified atom stereocenters. The number of hydrogen-bond donors (Lipinski definition) is 0. The molecule has 168 valence electrons. The first-order valence-corrected chi connectivity index (χ1v) is 11.9. The summed E-state index contributed by atoms with van der Waals surface area (Å²) in [4.78, 5) is 0. The minimum Gasteiger partial charge on any atom is -0.0991 e. The Hall–Kier alpha value is -3.12. The van der Waals surface area contributed by atoms with Crippen molar-refractivity contribution >= 4 is 17.2 Å². The fraction of sp³-hybridized carbons (Fsp3) is 0.250. The molecule has 3 aromatic rings. The Morgan fingerprint density at radius 1 is 0.812 bits per heavy atom. The molecule has 0 radical (unpaired) electrons. The minimum atomic E-state index is 1.01. The molecule has 0 N–H and O–H groups in total. The van der Waals surface area contributed by atoms with E-state index >= 15 is 0 Å². The zero-order valence-corrected chi connectivity index (χ0v) is 21.1. The van der Waals surface area contributed by atoms with Crippen molar-refractivity contribution in [2.24, 2.45) is 0 Å². The molecule has 0 heteroatoms.